The van der Waals surface area contributed by atoms with Gasteiger partial charge in [0.25, 0.3) is 0 Å². The number of hydrogen-bond donors (Lipinski definition) is 0. The molecule has 0 aromatic carbocycles. The van der Waals surface area contributed by atoms with Crippen LogP contribution in [0.1, 0.15) is 26.2 Å². The van der Waals surface area contributed by atoms with Crippen molar-refractivity contribution < 1.29 is 0 Å². The van der Waals surface area contributed by atoms with E-state index >= 15 is 0 Å². The first-order chi connectivity index (χ1) is 5.56. The highest BCUT2D eigenvalue weighted by Gasteiger charge is 2.19. The van der Waals surface area contributed by atoms with Crippen LogP contribution in [-0.2, 0) is 0 Å². The molecular weight excluding hydrogens is 223 g/mol. The second-order valence-electron chi connectivity index (χ2n) is 3.28. The molecule has 0 aliphatic carbocycles. The van der Waals surface area contributed by atoms with Gasteiger partial charge in [-0.05, 0) is 12.6 Å². The molecule has 0 fully saturated rings. The molecule has 0 aromatic heterocycles. The average Bonchev–Trinajstić information content (AvgIpc) is 1.94. The summed E-state index contributed by atoms with van der Waals surface area (Å²) >= 11 is 12.0. The number of hydrogen-bond acceptors (Lipinski definition) is 0. The van der Waals surface area contributed by atoms with Gasteiger partial charge in [0.2, 0.25) is 6.69 Å². The fourth-order valence-electron chi connectivity index (χ4n) is 0.933. The summed E-state index contributed by atoms with van der Waals surface area (Å²) in [7, 11) is 1.08. The van der Waals surface area contributed by atoms with Gasteiger partial charge in [-0.2, -0.15) is 0 Å². The highest BCUT2D eigenvalue weighted by atomic mass is 35.7. The second kappa shape index (κ2) is 7.42. The lowest BCUT2D eigenvalue weighted by atomic mass is 10.3. The smallest absolute Gasteiger partial charge is 0.146 e. The molecule has 4 heteroatoms. The van der Waals surface area contributed by atoms with Crippen molar-refractivity contribution in [3.8, 4) is 0 Å². The van der Waals surface area contributed by atoms with E-state index in [9.17, 15) is 0 Å². The SMILES string of the molecule is CCCCC[Si]CC[Si](C)(Cl)Cl. The van der Waals surface area contributed by atoms with Crippen LogP contribution in [0.4, 0.5) is 0 Å². The predicted octanol–water partition coefficient (Wildman–Crippen LogP) is 4.27. The summed E-state index contributed by atoms with van der Waals surface area (Å²) in [5, 5.41) is 0. The van der Waals surface area contributed by atoms with E-state index in [1.807, 2.05) is 6.55 Å². The van der Waals surface area contributed by atoms with Crippen molar-refractivity contribution in [1.82, 2.24) is 0 Å². The number of halogens is 2. The molecule has 0 spiro atoms. The van der Waals surface area contributed by atoms with Gasteiger partial charge in [-0.25, -0.2) is 0 Å². The zero-order valence-corrected chi connectivity index (χ0v) is 11.5. The monoisotopic (exact) mass is 240 g/mol. The maximum Gasteiger partial charge on any atom is 0.248 e. The van der Waals surface area contributed by atoms with E-state index in [1.165, 1.54) is 31.4 Å². The molecular formula is C8H18Cl2Si2. The molecule has 0 N–H and O–H groups in total. The molecule has 0 aliphatic rings. The van der Waals surface area contributed by atoms with Gasteiger partial charge in [0.05, 0.1) is 0 Å². The minimum atomic E-state index is -1.77. The lowest BCUT2D eigenvalue weighted by molar-refractivity contribution is 0.768. The third kappa shape index (κ3) is 11.0. The molecule has 0 rings (SSSR count). The second-order valence-corrected chi connectivity index (χ2v) is 13.0. The van der Waals surface area contributed by atoms with Crippen LogP contribution >= 0.6 is 22.2 Å². The Morgan fingerprint density at radius 3 is 2.33 bits per heavy atom. The van der Waals surface area contributed by atoms with Gasteiger partial charge < -0.3 is 0 Å². The zero-order valence-electron chi connectivity index (χ0n) is 8.00. The van der Waals surface area contributed by atoms with Crippen LogP contribution in [-0.4, -0.2) is 16.2 Å². The minimum absolute atomic E-state index is 1.07. The molecule has 0 bridgehead atoms. The van der Waals surface area contributed by atoms with Gasteiger partial charge in [0.15, 0.2) is 0 Å². The summed E-state index contributed by atoms with van der Waals surface area (Å²) < 4.78 is 0. The van der Waals surface area contributed by atoms with Gasteiger partial charge in [-0.3, -0.25) is 0 Å². The third-order valence-corrected chi connectivity index (χ3v) is 5.77. The maximum absolute atomic E-state index is 5.98. The Morgan fingerprint density at radius 1 is 1.17 bits per heavy atom. The summed E-state index contributed by atoms with van der Waals surface area (Å²) in [4.78, 5) is 0. The molecule has 72 valence electrons. The lowest BCUT2D eigenvalue weighted by Gasteiger charge is -2.08. The van der Waals surface area contributed by atoms with E-state index < -0.39 is 6.69 Å². The molecule has 0 saturated heterocycles. The molecule has 0 aromatic rings. The molecule has 0 amide bonds. The fraction of sp³-hybridized carbons (Fsp3) is 1.00. The normalized spacial score (nSPS) is 12.0. The Bertz CT molecular complexity index is 102. The van der Waals surface area contributed by atoms with Gasteiger partial charge >= 0.3 is 0 Å². The van der Waals surface area contributed by atoms with Crippen molar-refractivity contribution in [2.75, 3.05) is 0 Å². The first-order valence-electron chi connectivity index (χ1n) is 4.65. The van der Waals surface area contributed by atoms with Crippen LogP contribution in [0.3, 0.4) is 0 Å². The van der Waals surface area contributed by atoms with Crippen LogP contribution in [0.5, 0.6) is 0 Å². The van der Waals surface area contributed by atoms with Crippen molar-refractivity contribution in [1.29, 1.82) is 0 Å². The molecule has 0 nitrogen and oxygen atoms in total. The van der Waals surface area contributed by atoms with Crippen LogP contribution in [0.15, 0.2) is 0 Å². The Balaban J connectivity index is 3.01. The Kier molecular flexibility index (Phi) is 8.05. The standard InChI is InChI=1S/C8H18Cl2Si2/c1-3-4-5-6-11-7-8-12(2,9)10/h3-8H2,1-2H3. The minimum Gasteiger partial charge on any atom is -0.146 e. The summed E-state index contributed by atoms with van der Waals surface area (Å²) in [5.41, 5.74) is 0. The average molecular weight is 241 g/mol. The van der Waals surface area contributed by atoms with Gasteiger partial charge in [-0.1, -0.05) is 38.3 Å². The molecule has 12 heavy (non-hydrogen) atoms. The van der Waals surface area contributed by atoms with E-state index in [0.717, 1.165) is 15.6 Å². The summed E-state index contributed by atoms with van der Waals surface area (Å²) in [6.07, 6.45) is 4.09. The van der Waals surface area contributed by atoms with E-state index in [4.69, 9.17) is 22.2 Å². The fourth-order valence-corrected chi connectivity index (χ4v) is 5.85. The number of rotatable bonds is 7. The zero-order chi connectivity index (χ0) is 9.45. The van der Waals surface area contributed by atoms with Gasteiger partial charge in [-0.15, -0.1) is 22.2 Å². The molecule has 0 heterocycles. The molecule has 0 atom stereocenters. The Labute approximate surface area is 89.3 Å². The van der Waals surface area contributed by atoms with Gasteiger partial charge in [0.1, 0.15) is 0 Å². The molecule has 2 radical (unpaired) electrons. The summed E-state index contributed by atoms with van der Waals surface area (Å²) in [6.45, 7) is 2.47. The van der Waals surface area contributed by atoms with Crippen molar-refractivity contribution in [2.24, 2.45) is 0 Å². The predicted molar refractivity (Wildman–Crippen MR) is 63.0 cm³/mol. The lowest BCUT2D eigenvalue weighted by Crippen LogP contribution is -2.12. The summed E-state index contributed by atoms with van der Waals surface area (Å²) in [6, 6.07) is 3.70. The number of unbranched alkanes of at least 4 members (excludes halogenated alkanes) is 2. The van der Waals surface area contributed by atoms with Crippen molar-refractivity contribution in [2.45, 2.75) is 50.9 Å². The molecule has 0 unspecified atom stereocenters. The van der Waals surface area contributed by atoms with Crippen molar-refractivity contribution >= 4 is 38.4 Å². The first kappa shape index (κ1) is 13.0. The van der Waals surface area contributed by atoms with E-state index in [2.05, 4.69) is 6.92 Å². The summed E-state index contributed by atoms with van der Waals surface area (Å²) in [5.74, 6) is 0. The Morgan fingerprint density at radius 2 is 1.83 bits per heavy atom. The topological polar surface area (TPSA) is 0 Å². The van der Waals surface area contributed by atoms with Crippen LogP contribution in [0, 0.1) is 0 Å². The quantitative estimate of drug-likeness (QED) is 0.355. The van der Waals surface area contributed by atoms with E-state index in [1.54, 1.807) is 0 Å². The molecule has 0 saturated carbocycles. The Hall–Kier alpha value is 1.01. The van der Waals surface area contributed by atoms with Crippen LogP contribution in [0.2, 0.25) is 24.7 Å². The third-order valence-electron chi connectivity index (χ3n) is 1.70. The maximum atomic E-state index is 5.98. The highest BCUT2D eigenvalue weighted by Crippen LogP contribution is 2.21. The first-order valence-corrected chi connectivity index (χ1v) is 10.8. The highest BCUT2D eigenvalue weighted by molar-refractivity contribution is 7.45. The largest absolute Gasteiger partial charge is 0.248 e. The van der Waals surface area contributed by atoms with Crippen molar-refractivity contribution in [3.63, 3.8) is 0 Å². The van der Waals surface area contributed by atoms with E-state index in [0.29, 0.717) is 0 Å². The van der Waals surface area contributed by atoms with Crippen LogP contribution < -0.4 is 0 Å². The van der Waals surface area contributed by atoms with E-state index in [-0.39, 0.29) is 0 Å². The molecule has 0 aliphatic heterocycles. The van der Waals surface area contributed by atoms with Crippen molar-refractivity contribution in [3.05, 3.63) is 0 Å². The van der Waals surface area contributed by atoms with Crippen LogP contribution in [0.25, 0.3) is 0 Å². The van der Waals surface area contributed by atoms with Gasteiger partial charge in [0, 0.05) is 9.52 Å².